The van der Waals surface area contributed by atoms with Gasteiger partial charge in [-0.15, -0.1) is 11.3 Å². The average Bonchev–Trinajstić information content (AvgIpc) is 3.34. The van der Waals surface area contributed by atoms with E-state index in [1.807, 2.05) is 48.5 Å². The lowest BCUT2D eigenvalue weighted by Gasteiger charge is -2.16. The summed E-state index contributed by atoms with van der Waals surface area (Å²) in [5.74, 6) is 2.34. The van der Waals surface area contributed by atoms with Crippen molar-refractivity contribution in [2.75, 3.05) is 17.7 Å². The number of para-hydroxylation sites is 1. The predicted octanol–water partition coefficient (Wildman–Crippen LogP) is 7.84. The van der Waals surface area contributed by atoms with Crippen LogP contribution >= 0.6 is 11.3 Å². The molecule has 0 amide bonds. The van der Waals surface area contributed by atoms with Gasteiger partial charge in [-0.1, -0.05) is 44.2 Å². The van der Waals surface area contributed by atoms with Crippen LogP contribution in [-0.4, -0.2) is 17.1 Å². The predicted molar refractivity (Wildman–Crippen MR) is 136 cm³/mol. The van der Waals surface area contributed by atoms with Crippen LogP contribution in [0.1, 0.15) is 36.6 Å². The third-order valence-electron chi connectivity index (χ3n) is 5.28. The van der Waals surface area contributed by atoms with Crippen molar-refractivity contribution in [1.29, 1.82) is 0 Å². The first-order valence-corrected chi connectivity index (χ1v) is 12.1. The molecule has 36 heavy (non-hydrogen) atoms. The van der Waals surface area contributed by atoms with Gasteiger partial charge < -0.3 is 20.1 Å². The second-order valence-electron chi connectivity index (χ2n) is 8.21. The van der Waals surface area contributed by atoms with E-state index in [9.17, 15) is 13.2 Å². The highest BCUT2D eigenvalue weighted by Crippen LogP contribution is 2.37. The molecule has 0 spiro atoms. The number of nitrogens with one attached hydrogen (secondary N) is 2. The zero-order chi connectivity index (χ0) is 25.7. The molecule has 2 heterocycles. The summed E-state index contributed by atoms with van der Waals surface area (Å²) in [6, 6.07) is 18.6. The van der Waals surface area contributed by atoms with E-state index in [-0.39, 0.29) is 16.9 Å². The number of pyridine rings is 1. The maximum Gasteiger partial charge on any atom is 0.434 e. The Bertz CT molecular complexity index is 1310. The Balaban J connectivity index is 1.61. The minimum absolute atomic E-state index is 0.0880. The van der Waals surface area contributed by atoms with E-state index >= 15 is 0 Å². The minimum Gasteiger partial charge on any atom is -0.497 e. The van der Waals surface area contributed by atoms with Crippen LogP contribution in [-0.2, 0) is 12.7 Å². The molecule has 0 aliphatic carbocycles. The topological polar surface area (TPSA) is 68.3 Å². The molecular formula is C26H25F3N4O2S. The molecular weight excluding hydrogens is 489 g/mol. The fourth-order valence-corrected chi connectivity index (χ4v) is 4.11. The average molecular weight is 515 g/mol. The van der Waals surface area contributed by atoms with Crippen molar-refractivity contribution in [3.63, 3.8) is 0 Å². The number of hydrogen-bond acceptors (Lipinski definition) is 7. The molecule has 0 radical (unpaired) electrons. The summed E-state index contributed by atoms with van der Waals surface area (Å²) in [4.78, 5) is 8.26. The van der Waals surface area contributed by atoms with Crippen LogP contribution < -0.4 is 20.1 Å². The van der Waals surface area contributed by atoms with E-state index < -0.39 is 11.9 Å². The molecule has 0 aliphatic rings. The summed E-state index contributed by atoms with van der Waals surface area (Å²) in [6.45, 7) is 4.61. The summed E-state index contributed by atoms with van der Waals surface area (Å²) in [5, 5.41) is 7.24. The summed E-state index contributed by atoms with van der Waals surface area (Å²) >= 11 is 0.858. The number of alkyl halides is 3. The fraction of sp³-hybridized carbons (Fsp3) is 0.231. The lowest BCUT2D eigenvalue weighted by Crippen LogP contribution is -2.06. The van der Waals surface area contributed by atoms with Gasteiger partial charge >= 0.3 is 6.18 Å². The maximum atomic E-state index is 13.0. The van der Waals surface area contributed by atoms with Crippen LogP contribution in [0.3, 0.4) is 0 Å². The molecule has 6 nitrogen and oxygen atoms in total. The first-order valence-electron chi connectivity index (χ1n) is 11.2. The zero-order valence-corrected chi connectivity index (χ0v) is 20.7. The lowest BCUT2D eigenvalue weighted by molar-refractivity contribution is -0.140. The highest BCUT2D eigenvalue weighted by atomic mass is 32.1. The van der Waals surface area contributed by atoms with Crippen LogP contribution in [0.5, 0.6) is 17.4 Å². The largest absolute Gasteiger partial charge is 0.497 e. The molecule has 0 saturated carbocycles. The number of aromatic nitrogens is 2. The first-order chi connectivity index (χ1) is 17.2. The van der Waals surface area contributed by atoms with Crippen molar-refractivity contribution in [2.24, 2.45) is 0 Å². The number of halogens is 3. The highest BCUT2D eigenvalue weighted by molar-refractivity contribution is 7.13. The second kappa shape index (κ2) is 10.9. The molecule has 4 rings (SSSR count). The molecule has 188 valence electrons. The lowest BCUT2D eigenvalue weighted by atomic mass is 10.0. The molecule has 2 aromatic heterocycles. The molecule has 10 heteroatoms. The Labute approximate surface area is 211 Å². The van der Waals surface area contributed by atoms with Gasteiger partial charge in [-0.3, -0.25) is 0 Å². The quantitative estimate of drug-likeness (QED) is 0.237. The van der Waals surface area contributed by atoms with Crippen molar-refractivity contribution in [2.45, 2.75) is 32.5 Å². The summed E-state index contributed by atoms with van der Waals surface area (Å²) in [5.41, 5.74) is 1.45. The summed E-state index contributed by atoms with van der Waals surface area (Å²) < 4.78 is 50.4. The molecule has 2 N–H and O–H groups in total. The molecule has 0 unspecified atom stereocenters. The van der Waals surface area contributed by atoms with Gasteiger partial charge in [-0.05, 0) is 47.4 Å². The van der Waals surface area contributed by atoms with Crippen LogP contribution in [0.4, 0.5) is 29.8 Å². The normalized spacial score (nSPS) is 11.4. The van der Waals surface area contributed by atoms with Gasteiger partial charge in [-0.25, -0.2) is 4.98 Å². The number of nitrogens with zero attached hydrogens (tertiary/aromatic N) is 2. The zero-order valence-electron chi connectivity index (χ0n) is 19.9. The van der Waals surface area contributed by atoms with Crippen LogP contribution in [0.2, 0.25) is 0 Å². The van der Waals surface area contributed by atoms with Gasteiger partial charge in [0.25, 0.3) is 0 Å². The molecule has 4 aromatic rings. The smallest absolute Gasteiger partial charge is 0.434 e. The SMILES string of the molecule is COc1ccc(CNc2ccc(Nc3nc(C(F)(F)F)cs3)c(Oc3ccccc3C(C)C)n2)cc1. The van der Waals surface area contributed by atoms with Crippen molar-refractivity contribution in [3.8, 4) is 17.4 Å². The third kappa shape index (κ3) is 6.25. The van der Waals surface area contributed by atoms with Crippen LogP contribution in [0.25, 0.3) is 0 Å². The van der Waals surface area contributed by atoms with Crippen molar-refractivity contribution >= 4 is 28.0 Å². The number of benzene rings is 2. The Morgan fingerprint density at radius 3 is 2.39 bits per heavy atom. The Kier molecular flexibility index (Phi) is 7.64. The molecule has 0 fully saturated rings. The molecule has 0 atom stereocenters. The number of anilines is 3. The van der Waals surface area contributed by atoms with E-state index in [2.05, 4.69) is 34.4 Å². The number of ether oxygens (including phenoxy) is 2. The Morgan fingerprint density at radius 2 is 1.72 bits per heavy atom. The number of methoxy groups -OCH3 is 1. The second-order valence-corrected chi connectivity index (χ2v) is 9.06. The van der Waals surface area contributed by atoms with Crippen LogP contribution in [0.15, 0.2) is 66.0 Å². The van der Waals surface area contributed by atoms with E-state index in [4.69, 9.17) is 9.47 Å². The van der Waals surface area contributed by atoms with Gasteiger partial charge in [0.1, 0.15) is 23.0 Å². The molecule has 0 bridgehead atoms. The minimum atomic E-state index is -4.51. The van der Waals surface area contributed by atoms with E-state index in [0.29, 0.717) is 23.8 Å². The van der Waals surface area contributed by atoms with Crippen molar-refractivity contribution < 1.29 is 22.6 Å². The van der Waals surface area contributed by atoms with Gasteiger partial charge in [0.2, 0.25) is 5.88 Å². The van der Waals surface area contributed by atoms with Gasteiger partial charge in [0.05, 0.1) is 7.11 Å². The van der Waals surface area contributed by atoms with Gasteiger partial charge in [0, 0.05) is 11.9 Å². The van der Waals surface area contributed by atoms with E-state index in [1.165, 1.54) is 0 Å². The number of thiazole rings is 1. The standard InChI is InChI=1S/C26H25F3N4O2S/c1-16(2)19-6-4-5-7-21(19)35-24-20(31-25-32-22(15-36-25)26(27,28)29)12-13-23(33-24)30-14-17-8-10-18(34-3)11-9-17/h4-13,15-16H,14H2,1-3H3,(H,30,33)(H,31,32). The molecule has 2 aromatic carbocycles. The van der Waals surface area contributed by atoms with Crippen molar-refractivity contribution in [1.82, 2.24) is 9.97 Å². The summed E-state index contributed by atoms with van der Waals surface area (Å²) in [7, 11) is 1.61. The molecule has 0 aliphatic heterocycles. The number of rotatable bonds is 9. The summed E-state index contributed by atoms with van der Waals surface area (Å²) in [6.07, 6.45) is -4.51. The fourth-order valence-electron chi connectivity index (χ4n) is 3.38. The highest BCUT2D eigenvalue weighted by Gasteiger charge is 2.33. The molecule has 0 saturated heterocycles. The van der Waals surface area contributed by atoms with Gasteiger partial charge in [0.15, 0.2) is 10.8 Å². The maximum absolute atomic E-state index is 13.0. The number of hydrogen-bond donors (Lipinski definition) is 2. The van der Waals surface area contributed by atoms with Crippen LogP contribution in [0, 0.1) is 0 Å². The van der Waals surface area contributed by atoms with E-state index in [0.717, 1.165) is 33.6 Å². The third-order valence-corrected chi connectivity index (χ3v) is 6.03. The Hall–Kier alpha value is -3.79. The Morgan fingerprint density at radius 1 is 0.972 bits per heavy atom. The first kappa shape index (κ1) is 25.3. The van der Waals surface area contributed by atoms with Gasteiger partial charge in [-0.2, -0.15) is 18.2 Å². The van der Waals surface area contributed by atoms with E-state index in [1.54, 1.807) is 19.2 Å². The van der Waals surface area contributed by atoms with Crippen molar-refractivity contribution in [3.05, 3.63) is 82.9 Å². The monoisotopic (exact) mass is 514 g/mol.